The predicted molar refractivity (Wildman–Crippen MR) is 93.9 cm³/mol. The maximum absolute atomic E-state index is 10.8. The summed E-state index contributed by atoms with van der Waals surface area (Å²) in [5.41, 5.74) is 3.25. The van der Waals surface area contributed by atoms with E-state index in [1.54, 1.807) is 24.3 Å². The third kappa shape index (κ3) is 3.60. The number of benzene rings is 2. The lowest BCUT2D eigenvalue weighted by atomic mass is 10.1. The van der Waals surface area contributed by atoms with Crippen LogP contribution in [0.1, 0.15) is 16.8 Å². The maximum Gasteiger partial charge on any atom is 0.307 e. The number of ether oxygens (including phenoxy) is 1. The molecular weight excluding hydrogens is 302 g/mol. The molecule has 0 saturated carbocycles. The first kappa shape index (κ1) is 15.7. The SMILES string of the molecule is C=Cc1cc(CC(=O)O)ccc1OCc1ccc2ccccc2n1. The lowest BCUT2D eigenvalue weighted by Gasteiger charge is -2.11. The molecule has 0 amide bonds. The Balaban J connectivity index is 1.77. The Labute approximate surface area is 140 Å². The van der Waals surface area contributed by atoms with Crippen LogP contribution in [0.15, 0.2) is 61.2 Å². The second kappa shape index (κ2) is 6.96. The fourth-order valence-electron chi connectivity index (χ4n) is 2.51. The van der Waals surface area contributed by atoms with Crippen molar-refractivity contribution in [1.82, 2.24) is 4.98 Å². The third-order valence-corrected chi connectivity index (χ3v) is 3.68. The van der Waals surface area contributed by atoms with Gasteiger partial charge in [-0.1, -0.05) is 43.0 Å². The van der Waals surface area contributed by atoms with Gasteiger partial charge in [-0.05, 0) is 29.8 Å². The van der Waals surface area contributed by atoms with Crippen LogP contribution >= 0.6 is 0 Å². The zero-order chi connectivity index (χ0) is 16.9. The van der Waals surface area contributed by atoms with E-state index in [0.717, 1.165) is 22.2 Å². The van der Waals surface area contributed by atoms with Gasteiger partial charge in [-0.3, -0.25) is 4.79 Å². The van der Waals surface area contributed by atoms with Gasteiger partial charge in [0, 0.05) is 10.9 Å². The Morgan fingerprint density at radius 1 is 1.17 bits per heavy atom. The average Bonchev–Trinajstić information content (AvgIpc) is 2.59. The lowest BCUT2D eigenvalue weighted by molar-refractivity contribution is -0.136. The van der Waals surface area contributed by atoms with Gasteiger partial charge < -0.3 is 9.84 Å². The largest absolute Gasteiger partial charge is 0.487 e. The molecule has 0 fully saturated rings. The molecule has 3 rings (SSSR count). The minimum absolute atomic E-state index is 0.0205. The summed E-state index contributed by atoms with van der Waals surface area (Å²) in [5, 5.41) is 9.96. The fraction of sp³-hybridized carbons (Fsp3) is 0.100. The summed E-state index contributed by atoms with van der Waals surface area (Å²) in [5.74, 6) is -0.201. The van der Waals surface area contributed by atoms with Crippen LogP contribution in [0.25, 0.3) is 17.0 Å². The van der Waals surface area contributed by atoms with E-state index in [4.69, 9.17) is 9.84 Å². The number of carbonyl (C=O) groups is 1. The maximum atomic E-state index is 10.8. The first-order valence-corrected chi connectivity index (χ1v) is 7.60. The molecular formula is C20H17NO3. The van der Waals surface area contributed by atoms with Crippen molar-refractivity contribution in [2.45, 2.75) is 13.0 Å². The van der Waals surface area contributed by atoms with Gasteiger partial charge in [0.05, 0.1) is 17.6 Å². The second-order valence-corrected chi connectivity index (χ2v) is 5.43. The molecule has 1 aromatic heterocycles. The second-order valence-electron chi connectivity index (χ2n) is 5.43. The van der Waals surface area contributed by atoms with Gasteiger partial charge in [0.25, 0.3) is 0 Å². The van der Waals surface area contributed by atoms with Crippen molar-refractivity contribution in [1.29, 1.82) is 0 Å². The van der Waals surface area contributed by atoms with Crippen LogP contribution in [-0.4, -0.2) is 16.1 Å². The summed E-state index contributed by atoms with van der Waals surface area (Å²) in [6, 6.07) is 17.2. The number of hydrogen-bond donors (Lipinski definition) is 1. The minimum Gasteiger partial charge on any atom is -0.487 e. The molecule has 0 spiro atoms. The number of carboxylic acids is 1. The number of hydrogen-bond acceptors (Lipinski definition) is 3. The number of pyridine rings is 1. The summed E-state index contributed by atoms with van der Waals surface area (Å²) < 4.78 is 5.84. The minimum atomic E-state index is -0.862. The zero-order valence-electron chi connectivity index (χ0n) is 13.1. The van der Waals surface area contributed by atoms with Gasteiger partial charge in [0.15, 0.2) is 0 Å². The fourth-order valence-corrected chi connectivity index (χ4v) is 2.51. The number of aliphatic carboxylic acids is 1. The van der Waals surface area contributed by atoms with E-state index in [1.807, 2.05) is 36.4 Å². The van der Waals surface area contributed by atoms with Crippen LogP contribution in [0.4, 0.5) is 0 Å². The van der Waals surface area contributed by atoms with Crippen molar-refractivity contribution < 1.29 is 14.6 Å². The Kier molecular flexibility index (Phi) is 4.57. The van der Waals surface area contributed by atoms with E-state index < -0.39 is 5.97 Å². The van der Waals surface area contributed by atoms with E-state index in [-0.39, 0.29) is 6.42 Å². The van der Waals surface area contributed by atoms with Gasteiger partial charge in [0.1, 0.15) is 12.4 Å². The topological polar surface area (TPSA) is 59.4 Å². The summed E-state index contributed by atoms with van der Waals surface area (Å²) in [7, 11) is 0. The highest BCUT2D eigenvalue weighted by Crippen LogP contribution is 2.23. The van der Waals surface area contributed by atoms with Crippen LogP contribution in [-0.2, 0) is 17.8 Å². The van der Waals surface area contributed by atoms with Crippen LogP contribution in [0.5, 0.6) is 5.75 Å². The number of fused-ring (bicyclic) bond motifs is 1. The molecule has 1 N–H and O–H groups in total. The van der Waals surface area contributed by atoms with Gasteiger partial charge in [-0.2, -0.15) is 0 Å². The highest BCUT2D eigenvalue weighted by molar-refractivity contribution is 5.78. The smallest absolute Gasteiger partial charge is 0.307 e. The number of carboxylic acid groups (broad SMARTS) is 1. The first-order chi connectivity index (χ1) is 11.7. The van der Waals surface area contributed by atoms with Crippen molar-refractivity contribution in [2.24, 2.45) is 0 Å². The molecule has 2 aromatic carbocycles. The van der Waals surface area contributed by atoms with Crippen molar-refractivity contribution >= 4 is 22.9 Å². The average molecular weight is 319 g/mol. The van der Waals surface area contributed by atoms with Crippen LogP contribution in [0, 0.1) is 0 Å². The number of aromatic nitrogens is 1. The predicted octanol–water partition coefficient (Wildman–Crippen LogP) is 4.08. The summed E-state index contributed by atoms with van der Waals surface area (Å²) in [6.45, 7) is 4.10. The molecule has 0 aliphatic carbocycles. The molecule has 0 aliphatic heterocycles. The van der Waals surface area contributed by atoms with Gasteiger partial charge >= 0.3 is 5.97 Å². The molecule has 1 heterocycles. The lowest BCUT2D eigenvalue weighted by Crippen LogP contribution is -2.02. The molecule has 0 aliphatic rings. The van der Waals surface area contributed by atoms with Crippen molar-refractivity contribution in [3.63, 3.8) is 0 Å². The first-order valence-electron chi connectivity index (χ1n) is 7.60. The molecule has 120 valence electrons. The van der Waals surface area contributed by atoms with Crippen LogP contribution in [0.3, 0.4) is 0 Å². The Morgan fingerprint density at radius 2 is 2.00 bits per heavy atom. The van der Waals surface area contributed by atoms with Crippen molar-refractivity contribution in [3.8, 4) is 5.75 Å². The van der Waals surface area contributed by atoms with Crippen LogP contribution in [0.2, 0.25) is 0 Å². The summed E-state index contributed by atoms with van der Waals surface area (Å²) in [4.78, 5) is 15.4. The standard InChI is InChI=1S/C20H17NO3/c1-2-15-11-14(12-20(22)23)7-10-19(15)24-13-17-9-8-16-5-3-4-6-18(16)21-17/h2-11H,1,12-13H2,(H,22,23). The van der Waals surface area contributed by atoms with Crippen molar-refractivity contribution in [2.75, 3.05) is 0 Å². The van der Waals surface area contributed by atoms with E-state index in [1.165, 1.54) is 0 Å². The highest BCUT2D eigenvalue weighted by atomic mass is 16.5. The monoisotopic (exact) mass is 319 g/mol. The molecule has 0 bridgehead atoms. The zero-order valence-corrected chi connectivity index (χ0v) is 13.1. The quantitative estimate of drug-likeness (QED) is 0.743. The molecule has 4 nitrogen and oxygen atoms in total. The normalized spacial score (nSPS) is 10.5. The van der Waals surface area contributed by atoms with E-state index >= 15 is 0 Å². The number of rotatable bonds is 6. The third-order valence-electron chi connectivity index (χ3n) is 3.68. The highest BCUT2D eigenvalue weighted by Gasteiger charge is 2.07. The van der Waals surface area contributed by atoms with Gasteiger partial charge in [0.2, 0.25) is 0 Å². The molecule has 0 atom stereocenters. The molecule has 3 aromatic rings. The molecule has 0 saturated heterocycles. The Morgan fingerprint density at radius 3 is 2.79 bits per heavy atom. The van der Waals surface area contributed by atoms with E-state index in [2.05, 4.69) is 11.6 Å². The van der Waals surface area contributed by atoms with E-state index in [9.17, 15) is 4.79 Å². The summed E-state index contributed by atoms with van der Waals surface area (Å²) >= 11 is 0. The molecule has 24 heavy (non-hydrogen) atoms. The van der Waals surface area contributed by atoms with Crippen LogP contribution < -0.4 is 4.74 Å². The number of para-hydroxylation sites is 1. The molecule has 4 heteroatoms. The summed E-state index contributed by atoms with van der Waals surface area (Å²) in [6.07, 6.45) is 1.64. The van der Waals surface area contributed by atoms with Gasteiger partial charge in [-0.25, -0.2) is 4.98 Å². The molecule has 0 unspecified atom stereocenters. The molecule has 0 radical (unpaired) electrons. The number of nitrogens with zero attached hydrogens (tertiary/aromatic N) is 1. The van der Waals surface area contributed by atoms with Gasteiger partial charge in [-0.15, -0.1) is 0 Å². The van der Waals surface area contributed by atoms with E-state index in [0.29, 0.717) is 17.9 Å². The Hall–Kier alpha value is -3.14. The van der Waals surface area contributed by atoms with Crippen molar-refractivity contribution in [3.05, 3.63) is 78.0 Å². The Bertz CT molecular complexity index is 902.